The van der Waals surface area contributed by atoms with Gasteiger partial charge in [0.15, 0.2) is 0 Å². The van der Waals surface area contributed by atoms with Gasteiger partial charge in [-0.2, -0.15) is 0 Å². The Morgan fingerprint density at radius 2 is 1.26 bits per heavy atom. The average Bonchev–Trinajstić information content (AvgIpc) is 3.23. The molecule has 1 unspecified atom stereocenters. The fourth-order valence-electron chi connectivity index (χ4n) is 6.49. The van der Waals surface area contributed by atoms with Crippen molar-refractivity contribution in [3.05, 3.63) is 137 Å². The fraction of sp³-hybridized carbons (Fsp3) is 0.0625. The largest absolute Gasteiger partial charge is 0.456 e. The quantitative estimate of drug-likeness (QED) is 0.236. The Labute approximate surface area is 197 Å². The zero-order valence-corrected chi connectivity index (χ0v) is 18.7. The van der Waals surface area contributed by atoms with Crippen molar-refractivity contribution in [1.82, 2.24) is 4.57 Å². The molecule has 1 atom stereocenters. The lowest BCUT2D eigenvalue weighted by molar-refractivity contribution is 0.430. The molecule has 1 aromatic heterocycles. The minimum Gasteiger partial charge on any atom is -0.456 e. The second-order valence-corrected chi connectivity index (χ2v) is 9.37. The van der Waals surface area contributed by atoms with Gasteiger partial charge in [-0.3, -0.25) is 0 Å². The minimum atomic E-state index is -0.462. The first-order valence-corrected chi connectivity index (χ1v) is 11.8. The van der Waals surface area contributed by atoms with Crippen molar-refractivity contribution in [2.75, 3.05) is 0 Å². The van der Waals surface area contributed by atoms with Gasteiger partial charge in [0, 0.05) is 21.9 Å². The molecule has 0 saturated carbocycles. The molecule has 0 fully saturated rings. The van der Waals surface area contributed by atoms with Crippen molar-refractivity contribution >= 4 is 21.8 Å². The molecule has 1 spiro atoms. The lowest BCUT2D eigenvalue weighted by Gasteiger charge is -2.45. The highest BCUT2D eigenvalue weighted by atomic mass is 16.5. The third-order valence-electron chi connectivity index (χ3n) is 7.77. The second-order valence-electron chi connectivity index (χ2n) is 9.37. The summed E-state index contributed by atoms with van der Waals surface area (Å²) in [6.45, 7) is 2.15. The Morgan fingerprint density at radius 1 is 0.588 bits per heavy atom. The molecule has 2 aliphatic heterocycles. The Hall–Kier alpha value is -4.30. The third kappa shape index (κ3) is 1.95. The van der Waals surface area contributed by atoms with Crippen LogP contribution in [0.25, 0.3) is 27.5 Å². The normalized spacial score (nSPS) is 17.3. The Kier molecular flexibility index (Phi) is 3.30. The molecule has 6 aromatic rings. The summed E-state index contributed by atoms with van der Waals surface area (Å²) in [5, 5.41) is 2.58. The van der Waals surface area contributed by atoms with Crippen molar-refractivity contribution in [3.63, 3.8) is 0 Å². The monoisotopic (exact) mass is 435 g/mol. The Bertz CT molecular complexity index is 1810. The molecule has 34 heavy (non-hydrogen) atoms. The number of aryl methyl sites for hydroxylation is 1. The van der Waals surface area contributed by atoms with Crippen LogP contribution in [0.1, 0.15) is 27.8 Å². The molecule has 0 aliphatic carbocycles. The molecule has 5 aromatic carbocycles. The van der Waals surface area contributed by atoms with Crippen molar-refractivity contribution in [3.8, 4) is 17.2 Å². The van der Waals surface area contributed by atoms with E-state index in [-0.39, 0.29) is 0 Å². The first-order valence-electron chi connectivity index (χ1n) is 11.8. The zero-order chi connectivity index (χ0) is 22.4. The number of fused-ring (bicyclic) bond motifs is 11. The molecule has 0 saturated heterocycles. The summed E-state index contributed by atoms with van der Waals surface area (Å²) in [6, 6.07) is 39.6. The van der Waals surface area contributed by atoms with Crippen LogP contribution in [0.3, 0.4) is 0 Å². The minimum absolute atomic E-state index is 0.462. The van der Waals surface area contributed by atoms with E-state index in [2.05, 4.69) is 121 Å². The smallest absolute Gasteiger partial charge is 0.135 e. The first kappa shape index (κ1) is 18.2. The topological polar surface area (TPSA) is 14.2 Å². The highest BCUT2D eigenvalue weighted by Crippen LogP contribution is 2.60. The van der Waals surface area contributed by atoms with E-state index >= 15 is 0 Å². The van der Waals surface area contributed by atoms with E-state index in [1.54, 1.807) is 0 Å². The van der Waals surface area contributed by atoms with Gasteiger partial charge < -0.3 is 9.30 Å². The third-order valence-corrected chi connectivity index (χ3v) is 7.77. The lowest BCUT2D eigenvalue weighted by Crippen LogP contribution is -2.38. The molecule has 160 valence electrons. The summed E-state index contributed by atoms with van der Waals surface area (Å²) >= 11 is 0. The van der Waals surface area contributed by atoms with Gasteiger partial charge in [-0.25, -0.2) is 0 Å². The molecule has 0 bridgehead atoms. The number of aromatic nitrogens is 1. The lowest BCUT2D eigenvalue weighted by atomic mass is 9.61. The molecule has 0 radical (unpaired) electrons. The molecule has 2 aliphatic rings. The van der Waals surface area contributed by atoms with Crippen molar-refractivity contribution < 1.29 is 4.74 Å². The van der Waals surface area contributed by atoms with Gasteiger partial charge in [0.2, 0.25) is 0 Å². The van der Waals surface area contributed by atoms with Gasteiger partial charge in [-0.1, -0.05) is 91.0 Å². The number of hydrogen-bond donors (Lipinski definition) is 0. The molecule has 3 heterocycles. The zero-order valence-electron chi connectivity index (χ0n) is 18.7. The van der Waals surface area contributed by atoms with Crippen LogP contribution in [0, 0.1) is 6.92 Å². The Morgan fingerprint density at radius 3 is 2.21 bits per heavy atom. The number of para-hydroxylation sites is 5. The van der Waals surface area contributed by atoms with Crippen LogP contribution in [-0.4, -0.2) is 4.57 Å². The van der Waals surface area contributed by atoms with Crippen molar-refractivity contribution in [1.29, 1.82) is 0 Å². The maximum absolute atomic E-state index is 6.59. The average molecular weight is 436 g/mol. The van der Waals surface area contributed by atoms with Crippen LogP contribution in [-0.2, 0) is 5.41 Å². The summed E-state index contributed by atoms with van der Waals surface area (Å²) in [7, 11) is 0. The summed E-state index contributed by atoms with van der Waals surface area (Å²) in [5.41, 5.74) is 9.47. The number of rotatable bonds is 0. The summed E-state index contributed by atoms with van der Waals surface area (Å²) in [4.78, 5) is 0. The SMILES string of the molecule is Cc1cccc2c1Oc1ccccc1C21c2ccccc2-n2c3ccccc3c3cccc1c32. The molecule has 0 N–H and O–H groups in total. The highest BCUT2D eigenvalue weighted by molar-refractivity contribution is 6.12. The predicted molar refractivity (Wildman–Crippen MR) is 137 cm³/mol. The van der Waals surface area contributed by atoms with E-state index in [0.29, 0.717) is 0 Å². The van der Waals surface area contributed by atoms with Crippen molar-refractivity contribution in [2.24, 2.45) is 0 Å². The maximum Gasteiger partial charge on any atom is 0.135 e. The van der Waals surface area contributed by atoms with Crippen LogP contribution in [0.4, 0.5) is 0 Å². The summed E-state index contributed by atoms with van der Waals surface area (Å²) < 4.78 is 9.05. The highest BCUT2D eigenvalue weighted by Gasteiger charge is 2.50. The van der Waals surface area contributed by atoms with Crippen LogP contribution >= 0.6 is 0 Å². The fourth-order valence-corrected chi connectivity index (χ4v) is 6.49. The number of benzene rings is 5. The van der Waals surface area contributed by atoms with Gasteiger partial charge in [-0.15, -0.1) is 0 Å². The van der Waals surface area contributed by atoms with E-state index in [1.807, 2.05) is 0 Å². The van der Waals surface area contributed by atoms with Gasteiger partial charge >= 0.3 is 0 Å². The van der Waals surface area contributed by atoms with Gasteiger partial charge in [0.1, 0.15) is 11.5 Å². The van der Waals surface area contributed by atoms with E-state index in [0.717, 1.165) is 17.1 Å². The van der Waals surface area contributed by atoms with Crippen molar-refractivity contribution in [2.45, 2.75) is 12.3 Å². The number of hydrogen-bond acceptors (Lipinski definition) is 1. The second kappa shape index (κ2) is 6.18. The molecule has 2 heteroatoms. The van der Waals surface area contributed by atoms with E-state index in [4.69, 9.17) is 4.74 Å². The Balaban J connectivity index is 1.70. The predicted octanol–water partition coefficient (Wildman–Crippen LogP) is 7.89. The molecule has 2 nitrogen and oxygen atoms in total. The van der Waals surface area contributed by atoms with Crippen LogP contribution in [0.2, 0.25) is 0 Å². The van der Waals surface area contributed by atoms with Crippen LogP contribution < -0.4 is 4.74 Å². The molecule has 0 amide bonds. The number of nitrogens with zero attached hydrogens (tertiary/aromatic N) is 1. The summed E-state index contributed by atoms with van der Waals surface area (Å²) in [6.07, 6.45) is 0. The number of ether oxygens (including phenoxy) is 1. The standard InChI is InChI=1S/C32H21NO/c1-20-10-8-16-26-31(20)34-29-19-7-4-14-24(29)32(26)23-13-3-6-18-28(23)33-27-17-5-2-11-21(27)22-12-9-15-25(32)30(22)33/h2-19H,1H3. The first-order chi connectivity index (χ1) is 16.8. The van der Waals surface area contributed by atoms with E-state index < -0.39 is 5.41 Å². The van der Waals surface area contributed by atoms with E-state index in [1.165, 1.54) is 49.7 Å². The van der Waals surface area contributed by atoms with E-state index in [9.17, 15) is 0 Å². The van der Waals surface area contributed by atoms with Gasteiger partial charge in [0.05, 0.1) is 22.1 Å². The van der Waals surface area contributed by atoms with Crippen LogP contribution in [0.5, 0.6) is 11.5 Å². The van der Waals surface area contributed by atoms with Gasteiger partial charge in [-0.05, 0) is 41.8 Å². The molecule has 8 rings (SSSR count). The maximum atomic E-state index is 6.59. The molecular weight excluding hydrogens is 414 g/mol. The van der Waals surface area contributed by atoms with Gasteiger partial charge in [0.25, 0.3) is 0 Å². The molecular formula is C32H21NO. The summed E-state index contributed by atoms with van der Waals surface area (Å²) in [5.74, 6) is 1.90. The van der Waals surface area contributed by atoms with Crippen LogP contribution in [0.15, 0.2) is 109 Å².